The minimum absolute atomic E-state index is 0.973. The summed E-state index contributed by atoms with van der Waals surface area (Å²) < 4.78 is 0. The topological polar surface area (TPSA) is 12.0 Å². The maximum atomic E-state index is 3.32. The number of nitrogens with one attached hydrogen (secondary N) is 1. The molecule has 1 fully saturated rings. The van der Waals surface area contributed by atoms with Crippen LogP contribution in [0.2, 0.25) is 0 Å². The van der Waals surface area contributed by atoms with E-state index in [4.69, 9.17) is 0 Å². The summed E-state index contributed by atoms with van der Waals surface area (Å²) in [5, 5.41) is 3.32. The van der Waals surface area contributed by atoms with Crippen molar-refractivity contribution in [2.24, 2.45) is 5.92 Å². The van der Waals surface area contributed by atoms with Crippen LogP contribution < -0.4 is 5.32 Å². The van der Waals surface area contributed by atoms with Crippen molar-refractivity contribution in [1.29, 1.82) is 0 Å². The molecule has 1 heteroatoms. The quantitative estimate of drug-likeness (QED) is 0.709. The van der Waals surface area contributed by atoms with E-state index in [-0.39, 0.29) is 0 Å². The predicted octanol–water partition coefficient (Wildman–Crippen LogP) is 4.62. The lowest BCUT2D eigenvalue weighted by Crippen LogP contribution is -2.26. The van der Waals surface area contributed by atoms with Gasteiger partial charge in [-0.3, -0.25) is 0 Å². The van der Waals surface area contributed by atoms with Crippen LogP contribution in [0.5, 0.6) is 0 Å². The van der Waals surface area contributed by atoms with Gasteiger partial charge in [0.1, 0.15) is 0 Å². The van der Waals surface area contributed by atoms with Crippen LogP contribution in [0.3, 0.4) is 0 Å². The van der Waals surface area contributed by atoms with E-state index >= 15 is 0 Å². The zero-order valence-electron chi connectivity index (χ0n) is 11.7. The van der Waals surface area contributed by atoms with Crippen molar-refractivity contribution in [1.82, 2.24) is 5.32 Å². The van der Waals surface area contributed by atoms with Gasteiger partial charge in [-0.25, -0.2) is 0 Å². The highest BCUT2D eigenvalue weighted by atomic mass is 14.9. The van der Waals surface area contributed by atoms with Gasteiger partial charge in [0.25, 0.3) is 0 Å². The molecule has 15 heavy (non-hydrogen) atoms. The van der Waals surface area contributed by atoms with Gasteiger partial charge in [-0.1, -0.05) is 60.3 Å². The lowest BCUT2D eigenvalue weighted by atomic mass is 10.0. The maximum Gasteiger partial charge on any atom is -0.00464 e. The molecule has 0 bridgehead atoms. The number of hydrogen-bond acceptors (Lipinski definition) is 1. The Morgan fingerprint density at radius 1 is 0.800 bits per heavy atom. The molecule has 1 nitrogen and oxygen atoms in total. The van der Waals surface area contributed by atoms with Crippen molar-refractivity contribution in [3.8, 4) is 0 Å². The molecule has 1 rings (SSSR count). The first-order valence-corrected chi connectivity index (χ1v) is 6.93. The van der Waals surface area contributed by atoms with E-state index in [1.54, 1.807) is 0 Å². The molecule has 0 atom stereocenters. The van der Waals surface area contributed by atoms with Crippen molar-refractivity contribution >= 4 is 0 Å². The average molecular weight is 215 g/mol. The summed E-state index contributed by atoms with van der Waals surface area (Å²) >= 11 is 0. The van der Waals surface area contributed by atoms with Gasteiger partial charge < -0.3 is 5.32 Å². The second-order valence-electron chi connectivity index (χ2n) is 4.43. The van der Waals surface area contributed by atoms with Gasteiger partial charge in [-0.2, -0.15) is 0 Å². The Labute approximate surface area is 98.0 Å². The highest BCUT2D eigenvalue weighted by molar-refractivity contribution is 4.62. The Hall–Kier alpha value is -0.0400. The van der Waals surface area contributed by atoms with Crippen LogP contribution in [0, 0.1) is 5.92 Å². The van der Waals surface area contributed by atoms with Crippen LogP contribution in [0.25, 0.3) is 0 Å². The molecular weight excluding hydrogens is 182 g/mol. The molecule has 0 aromatic heterocycles. The molecule has 1 N–H and O–H groups in total. The normalized spacial score (nSPS) is 15.8. The fourth-order valence-electron chi connectivity index (χ4n) is 0.966. The predicted molar refractivity (Wildman–Crippen MR) is 72.4 cm³/mol. The third-order valence-electron chi connectivity index (χ3n) is 2.63. The van der Waals surface area contributed by atoms with Gasteiger partial charge in [0, 0.05) is 0 Å². The zero-order chi connectivity index (χ0) is 11.9. The molecule has 0 unspecified atom stereocenters. The maximum absolute atomic E-state index is 3.32. The van der Waals surface area contributed by atoms with Crippen molar-refractivity contribution in [3.63, 3.8) is 0 Å². The minimum Gasteiger partial charge on any atom is -0.317 e. The number of hydrogen-bond donors (Lipinski definition) is 1. The second-order valence-corrected chi connectivity index (χ2v) is 4.43. The lowest BCUT2D eigenvalue weighted by molar-refractivity contribution is 0.402. The van der Waals surface area contributed by atoms with Gasteiger partial charge >= 0.3 is 0 Å². The van der Waals surface area contributed by atoms with Gasteiger partial charge in [0.05, 0.1) is 0 Å². The Morgan fingerprint density at radius 2 is 1.13 bits per heavy atom. The largest absolute Gasteiger partial charge is 0.317 e. The summed E-state index contributed by atoms with van der Waals surface area (Å²) in [6.07, 6.45) is 8.03. The first-order chi connectivity index (χ1) is 7.22. The van der Waals surface area contributed by atoms with Crippen LogP contribution in [-0.2, 0) is 0 Å². The molecule has 1 aliphatic heterocycles. The molecule has 0 aromatic carbocycles. The zero-order valence-corrected chi connectivity index (χ0v) is 11.7. The molecule has 1 aliphatic rings. The Kier molecular flexibility index (Phi) is 19.0. The first-order valence-electron chi connectivity index (χ1n) is 6.93. The minimum atomic E-state index is 0.973. The molecule has 0 amide bonds. The van der Waals surface area contributed by atoms with Crippen LogP contribution in [-0.4, -0.2) is 13.1 Å². The number of piperidine rings is 1. The third-order valence-corrected chi connectivity index (χ3v) is 2.63. The van der Waals surface area contributed by atoms with Crippen molar-refractivity contribution < 1.29 is 0 Å². The molecular formula is C14H33N. The van der Waals surface area contributed by atoms with Gasteiger partial charge in [-0.15, -0.1) is 0 Å². The molecule has 0 radical (unpaired) electrons. The van der Waals surface area contributed by atoms with Crippen molar-refractivity contribution in [3.05, 3.63) is 0 Å². The van der Waals surface area contributed by atoms with Gasteiger partial charge in [0.2, 0.25) is 0 Å². The molecule has 0 spiro atoms. The van der Waals surface area contributed by atoms with Crippen LogP contribution in [0.1, 0.15) is 73.1 Å². The lowest BCUT2D eigenvalue weighted by Gasteiger charge is -2.17. The van der Waals surface area contributed by atoms with Gasteiger partial charge in [0.15, 0.2) is 0 Å². The molecule has 1 heterocycles. The van der Waals surface area contributed by atoms with E-state index < -0.39 is 0 Å². The summed E-state index contributed by atoms with van der Waals surface area (Å²) in [7, 11) is 0. The first kappa shape index (κ1) is 17.4. The number of rotatable bonds is 2. The highest BCUT2D eigenvalue weighted by Crippen LogP contribution is 2.08. The van der Waals surface area contributed by atoms with E-state index in [9.17, 15) is 0 Å². The van der Waals surface area contributed by atoms with Crippen LogP contribution in [0.4, 0.5) is 0 Å². The Balaban J connectivity index is 0. The Morgan fingerprint density at radius 3 is 1.27 bits per heavy atom. The van der Waals surface area contributed by atoms with E-state index in [0.29, 0.717) is 0 Å². The summed E-state index contributed by atoms with van der Waals surface area (Å²) in [6, 6.07) is 0. The molecule has 0 aromatic rings. The molecule has 94 valence electrons. The smallest absolute Gasteiger partial charge is 0.00464 e. The average Bonchev–Trinajstić information content (AvgIpc) is 2.31. The molecule has 0 saturated carbocycles. The van der Waals surface area contributed by atoms with E-state index in [0.717, 1.165) is 5.92 Å². The standard InChI is InChI=1S/C6H13N.2C4H10/c1-6-2-4-7-5-3-6;2*1-3-4-2/h6-7H,2-5H2,1H3;2*3-4H2,1-2H3. The van der Waals surface area contributed by atoms with E-state index in [1.807, 2.05) is 0 Å². The second kappa shape index (κ2) is 16.4. The summed E-state index contributed by atoms with van der Waals surface area (Å²) in [5.41, 5.74) is 0. The molecule has 1 saturated heterocycles. The Bertz CT molecular complexity index is 77.3. The summed E-state index contributed by atoms with van der Waals surface area (Å²) in [5.74, 6) is 0.973. The van der Waals surface area contributed by atoms with Crippen molar-refractivity contribution in [2.45, 2.75) is 73.1 Å². The van der Waals surface area contributed by atoms with Crippen LogP contribution >= 0.6 is 0 Å². The summed E-state index contributed by atoms with van der Waals surface area (Å²) in [6.45, 7) is 13.5. The third kappa shape index (κ3) is 20.1. The van der Waals surface area contributed by atoms with E-state index in [1.165, 1.54) is 51.6 Å². The SMILES string of the molecule is CC1CCNCC1.CCCC.CCCC. The van der Waals surface area contributed by atoms with E-state index in [2.05, 4.69) is 39.9 Å². The number of unbranched alkanes of at least 4 members (excludes halogenated alkanes) is 2. The van der Waals surface area contributed by atoms with Crippen LogP contribution in [0.15, 0.2) is 0 Å². The fraction of sp³-hybridized carbons (Fsp3) is 1.00. The molecule has 0 aliphatic carbocycles. The highest BCUT2D eigenvalue weighted by Gasteiger charge is 2.04. The van der Waals surface area contributed by atoms with Crippen molar-refractivity contribution in [2.75, 3.05) is 13.1 Å². The van der Waals surface area contributed by atoms with Gasteiger partial charge in [-0.05, 0) is 31.8 Å². The fourth-order valence-corrected chi connectivity index (χ4v) is 0.966. The monoisotopic (exact) mass is 215 g/mol. The summed E-state index contributed by atoms with van der Waals surface area (Å²) in [4.78, 5) is 0.